The molecule has 0 radical (unpaired) electrons. The van der Waals surface area contributed by atoms with E-state index in [4.69, 9.17) is 10.5 Å². The van der Waals surface area contributed by atoms with E-state index < -0.39 is 5.91 Å². The summed E-state index contributed by atoms with van der Waals surface area (Å²) < 4.78 is 5.98. The van der Waals surface area contributed by atoms with Gasteiger partial charge in [0, 0.05) is 17.5 Å². The van der Waals surface area contributed by atoms with E-state index in [1.807, 2.05) is 7.05 Å². The van der Waals surface area contributed by atoms with Crippen LogP contribution in [-0.2, 0) is 0 Å². The van der Waals surface area contributed by atoms with Crippen LogP contribution in [0.25, 0.3) is 0 Å². The van der Waals surface area contributed by atoms with Crippen LogP contribution in [-0.4, -0.2) is 32.4 Å². The molecule has 1 fully saturated rings. The number of nitrogens with one attached hydrogen (secondary N) is 2. The minimum atomic E-state index is -0.431. The third-order valence-electron chi connectivity index (χ3n) is 4.52. The molecule has 106 valence electrons. The molecule has 6 heteroatoms. The minimum absolute atomic E-state index is 0.0334. The molecule has 2 heterocycles. The first-order chi connectivity index (χ1) is 9.62. The molecule has 1 spiro atoms. The Hall–Kier alpha value is -1.95. The number of anilines is 2. The number of ether oxygens (including phenoxy) is 1. The largest absolute Gasteiger partial charge is 0.491 e. The van der Waals surface area contributed by atoms with Gasteiger partial charge in [-0.15, -0.1) is 0 Å². The van der Waals surface area contributed by atoms with Gasteiger partial charge in [-0.2, -0.15) is 0 Å². The van der Waals surface area contributed by atoms with Gasteiger partial charge < -0.3 is 20.7 Å². The number of carbonyl (C=O) groups is 1. The van der Waals surface area contributed by atoms with E-state index in [2.05, 4.69) is 15.5 Å². The highest BCUT2D eigenvalue weighted by molar-refractivity contribution is 5.97. The first-order valence-corrected chi connectivity index (χ1v) is 6.93. The first kappa shape index (κ1) is 11.8. The molecule has 1 unspecified atom stereocenters. The van der Waals surface area contributed by atoms with Gasteiger partial charge in [-0.05, 0) is 32.0 Å². The Balaban J connectivity index is 1.84. The molecule has 1 amide bonds. The number of hydrogen-bond acceptors (Lipinski definition) is 5. The second kappa shape index (κ2) is 3.79. The summed E-state index contributed by atoms with van der Waals surface area (Å²) in [5.74, 6) is 0.324. The zero-order valence-corrected chi connectivity index (χ0v) is 11.4. The fraction of sp³-hybridized carbons (Fsp3) is 0.500. The normalized spacial score (nSPS) is 24.6. The van der Waals surface area contributed by atoms with Crippen LogP contribution in [0.15, 0.2) is 12.1 Å². The van der Waals surface area contributed by atoms with Crippen molar-refractivity contribution in [2.24, 2.45) is 11.1 Å². The van der Waals surface area contributed by atoms with Crippen molar-refractivity contribution in [3.05, 3.63) is 17.7 Å². The molecule has 1 saturated carbocycles. The number of nitrogens with two attached hydrogens (primary N) is 1. The molecule has 20 heavy (non-hydrogen) atoms. The van der Waals surface area contributed by atoms with Gasteiger partial charge in [-0.1, -0.05) is 0 Å². The van der Waals surface area contributed by atoms with Crippen LogP contribution in [0.2, 0.25) is 0 Å². The van der Waals surface area contributed by atoms with Gasteiger partial charge in [0.2, 0.25) is 5.91 Å². The molecule has 3 aliphatic rings. The second-order valence-corrected chi connectivity index (χ2v) is 5.99. The van der Waals surface area contributed by atoms with Crippen LogP contribution in [0, 0.1) is 5.41 Å². The summed E-state index contributed by atoms with van der Waals surface area (Å²) in [6.45, 7) is 1.69. The third kappa shape index (κ3) is 1.57. The summed E-state index contributed by atoms with van der Waals surface area (Å²) in [4.78, 5) is 13.8. The molecule has 1 aromatic rings. The number of rotatable bonds is 2. The zero-order valence-electron chi connectivity index (χ0n) is 11.4. The van der Waals surface area contributed by atoms with E-state index >= 15 is 0 Å². The van der Waals surface area contributed by atoms with Crippen LogP contribution in [0.4, 0.5) is 11.4 Å². The SMILES string of the molecule is CNC1Nc2cc(C(N)=O)cc3c2N1CC1(CC1)CO3. The highest BCUT2D eigenvalue weighted by Crippen LogP contribution is 2.53. The standard InChI is InChI=1S/C14H18N4O2/c1-16-13-17-9-4-8(12(15)19)5-10-11(9)18(13)6-14(2-3-14)7-20-10/h4-5,13,16-17H,2-3,6-7H2,1H3,(H2,15,19). The minimum Gasteiger partial charge on any atom is -0.491 e. The number of carbonyl (C=O) groups excluding carboxylic acids is 1. The molecule has 1 atom stereocenters. The van der Waals surface area contributed by atoms with Gasteiger partial charge in [0.05, 0.1) is 12.3 Å². The molecule has 1 aliphatic carbocycles. The van der Waals surface area contributed by atoms with E-state index in [0.717, 1.165) is 23.7 Å². The summed E-state index contributed by atoms with van der Waals surface area (Å²) in [6.07, 6.45) is 2.43. The third-order valence-corrected chi connectivity index (χ3v) is 4.52. The van der Waals surface area contributed by atoms with E-state index in [1.165, 1.54) is 12.8 Å². The smallest absolute Gasteiger partial charge is 0.248 e. The van der Waals surface area contributed by atoms with Crippen LogP contribution >= 0.6 is 0 Å². The zero-order chi connectivity index (χ0) is 13.9. The van der Waals surface area contributed by atoms with Crippen molar-refractivity contribution in [2.75, 3.05) is 30.4 Å². The van der Waals surface area contributed by atoms with Gasteiger partial charge in [-0.25, -0.2) is 0 Å². The van der Waals surface area contributed by atoms with Crippen LogP contribution in [0.5, 0.6) is 5.75 Å². The molecule has 2 aliphatic heterocycles. The van der Waals surface area contributed by atoms with E-state index in [0.29, 0.717) is 12.2 Å². The van der Waals surface area contributed by atoms with Crippen molar-refractivity contribution in [1.29, 1.82) is 0 Å². The molecular weight excluding hydrogens is 256 g/mol. The maximum Gasteiger partial charge on any atom is 0.248 e. The van der Waals surface area contributed by atoms with Crippen molar-refractivity contribution in [3.63, 3.8) is 0 Å². The quantitative estimate of drug-likeness (QED) is 0.739. The van der Waals surface area contributed by atoms with Crippen molar-refractivity contribution >= 4 is 17.3 Å². The molecule has 6 nitrogen and oxygen atoms in total. The van der Waals surface area contributed by atoms with Crippen LogP contribution < -0.4 is 26.0 Å². The average Bonchev–Trinajstić information content (AvgIpc) is 3.14. The molecule has 0 saturated heterocycles. The van der Waals surface area contributed by atoms with Crippen LogP contribution in [0.3, 0.4) is 0 Å². The summed E-state index contributed by atoms with van der Waals surface area (Å²) >= 11 is 0. The highest BCUT2D eigenvalue weighted by atomic mass is 16.5. The average molecular weight is 274 g/mol. The summed E-state index contributed by atoms with van der Waals surface area (Å²) in [7, 11) is 1.92. The van der Waals surface area contributed by atoms with Crippen LogP contribution in [0.1, 0.15) is 23.2 Å². The fourth-order valence-corrected chi connectivity index (χ4v) is 3.14. The molecule has 4 N–H and O–H groups in total. The Kier molecular flexibility index (Phi) is 2.24. The Morgan fingerprint density at radius 3 is 3.00 bits per heavy atom. The van der Waals surface area contributed by atoms with E-state index in [1.54, 1.807) is 12.1 Å². The topological polar surface area (TPSA) is 79.6 Å². The highest BCUT2D eigenvalue weighted by Gasteiger charge is 2.49. The molecule has 0 aromatic heterocycles. The first-order valence-electron chi connectivity index (χ1n) is 6.93. The summed E-state index contributed by atoms with van der Waals surface area (Å²) in [5.41, 5.74) is 8.10. The van der Waals surface area contributed by atoms with Crippen molar-refractivity contribution < 1.29 is 9.53 Å². The van der Waals surface area contributed by atoms with Crippen molar-refractivity contribution in [1.82, 2.24) is 5.32 Å². The van der Waals surface area contributed by atoms with E-state index in [9.17, 15) is 4.79 Å². The molecule has 0 bridgehead atoms. The maximum absolute atomic E-state index is 11.5. The van der Waals surface area contributed by atoms with Crippen molar-refractivity contribution in [2.45, 2.75) is 19.1 Å². The monoisotopic (exact) mass is 274 g/mol. The number of hydrogen-bond donors (Lipinski definition) is 3. The number of primary amides is 1. The Labute approximate surface area is 117 Å². The predicted octanol–water partition coefficient (Wildman–Crippen LogP) is 0.693. The lowest BCUT2D eigenvalue weighted by Gasteiger charge is -2.27. The summed E-state index contributed by atoms with van der Waals surface area (Å²) in [5, 5.41) is 6.64. The lowest BCUT2D eigenvalue weighted by molar-refractivity contribution is 0.1000. The van der Waals surface area contributed by atoms with E-state index in [-0.39, 0.29) is 11.7 Å². The number of amides is 1. The van der Waals surface area contributed by atoms with Gasteiger partial charge in [0.1, 0.15) is 11.4 Å². The van der Waals surface area contributed by atoms with Crippen molar-refractivity contribution in [3.8, 4) is 5.75 Å². The van der Waals surface area contributed by atoms with Gasteiger partial charge >= 0.3 is 0 Å². The lowest BCUT2D eigenvalue weighted by atomic mass is 10.1. The molecule has 1 aromatic carbocycles. The summed E-state index contributed by atoms with van der Waals surface area (Å²) in [6, 6.07) is 3.56. The fourth-order valence-electron chi connectivity index (χ4n) is 3.14. The van der Waals surface area contributed by atoms with Gasteiger partial charge in [0.25, 0.3) is 0 Å². The Morgan fingerprint density at radius 1 is 1.55 bits per heavy atom. The van der Waals surface area contributed by atoms with Gasteiger partial charge in [-0.3, -0.25) is 10.1 Å². The predicted molar refractivity (Wildman–Crippen MR) is 75.9 cm³/mol. The Bertz CT molecular complexity index is 597. The Morgan fingerprint density at radius 2 is 2.35 bits per heavy atom. The van der Waals surface area contributed by atoms with Gasteiger partial charge in [0.15, 0.2) is 6.29 Å². The number of benzene rings is 1. The maximum atomic E-state index is 11.5. The molecular formula is C14H18N4O2. The lowest BCUT2D eigenvalue weighted by Crippen LogP contribution is -2.47. The molecule has 4 rings (SSSR count). The second-order valence-electron chi connectivity index (χ2n) is 5.99. The number of nitrogens with zero attached hydrogens (tertiary/aromatic N) is 1.